The Balaban J connectivity index is 1.81. The first-order valence-corrected chi connectivity index (χ1v) is 8.98. The van der Waals surface area contributed by atoms with E-state index in [1.165, 1.54) is 24.9 Å². The summed E-state index contributed by atoms with van der Waals surface area (Å²) in [7, 11) is 0. The highest BCUT2D eigenvalue weighted by Gasteiger charge is 2.47. The zero-order chi connectivity index (χ0) is 14.3. The number of nitrogens with zero attached hydrogens (tertiary/aromatic N) is 1. The molecular weight excluding hydrogens is 264 g/mol. The molecule has 1 saturated heterocycles. The van der Waals surface area contributed by atoms with Gasteiger partial charge in [0.2, 0.25) is 0 Å². The summed E-state index contributed by atoms with van der Waals surface area (Å²) in [6, 6.07) is 3.48. The van der Waals surface area contributed by atoms with Gasteiger partial charge in [-0.05, 0) is 60.9 Å². The van der Waals surface area contributed by atoms with Crippen molar-refractivity contribution in [2.24, 2.45) is 11.8 Å². The van der Waals surface area contributed by atoms with Crippen LogP contribution in [0.3, 0.4) is 0 Å². The smallest absolute Gasteiger partial charge is 0.0332 e. The fourth-order valence-electron chi connectivity index (χ4n) is 3.75. The number of rotatable bonds is 4. The van der Waals surface area contributed by atoms with Crippen molar-refractivity contribution in [3.8, 4) is 0 Å². The van der Waals surface area contributed by atoms with Crippen molar-refractivity contribution in [2.75, 3.05) is 13.1 Å². The van der Waals surface area contributed by atoms with Crippen LogP contribution in [0.5, 0.6) is 0 Å². The van der Waals surface area contributed by atoms with Crippen LogP contribution in [0.4, 0.5) is 0 Å². The van der Waals surface area contributed by atoms with Gasteiger partial charge in [-0.3, -0.25) is 4.90 Å². The van der Waals surface area contributed by atoms with Crippen molar-refractivity contribution in [1.29, 1.82) is 0 Å². The SMILES string of the molecule is CC(C)C1CNC(C)(C2CC2)CN1C(C)c1ccsc1. The molecular formula is C17H28N2S. The molecule has 2 fully saturated rings. The van der Waals surface area contributed by atoms with Crippen LogP contribution in [0.2, 0.25) is 0 Å². The summed E-state index contributed by atoms with van der Waals surface area (Å²) in [6.45, 7) is 11.9. The molecule has 3 unspecified atom stereocenters. The fourth-order valence-corrected chi connectivity index (χ4v) is 4.50. The number of thiophene rings is 1. The van der Waals surface area contributed by atoms with Crippen LogP contribution in [-0.4, -0.2) is 29.6 Å². The predicted molar refractivity (Wildman–Crippen MR) is 87.2 cm³/mol. The van der Waals surface area contributed by atoms with Gasteiger partial charge in [0.15, 0.2) is 0 Å². The van der Waals surface area contributed by atoms with Gasteiger partial charge >= 0.3 is 0 Å². The molecule has 1 saturated carbocycles. The normalized spacial score (nSPS) is 33.5. The largest absolute Gasteiger partial charge is 0.308 e. The molecule has 0 bridgehead atoms. The molecule has 0 amide bonds. The molecule has 0 radical (unpaired) electrons. The topological polar surface area (TPSA) is 15.3 Å². The standard InChI is InChI=1S/C17H28N2S/c1-12(2)16-9-18-17(4,15-5-6-15)11-19(16)13(3)14-7-8-20-10-14/h7-8,10,12-13,15-16,18H,5-6,9,11H2,1-4H3. The van der Waals surface area contributed by atoms with E-state index in [-0.39, 0.29) is 0 Å². The fraction of sp³-hybridized carbons (Fsp3) is 0.765. The highest BCUT2D eigenvalue weighted by atomic mass is 32.1. The Labute approximate surface area is 127 Å². The Morgan fingerprint density at radius 2 is 2.10 bits per heavy atom. The average Bonchev–Trinajstić information content (AvgIpc) is 3.14. The lowest BCUT2D eigenvalue weighted by Gasteiger charge is -2.50. The summed E-state index contributed by atoms with van der Waals surface area (Å²) < 4.78 is 0. The van der Waals surface area contributed by atoms with E-state index in [1.54, 1.807) is 0 Å². The van der Waals surface area contributed by atoms with Gasteiger partial charge in [-0.25, -0.2) is 0 Å². The zero-order valence-electron chi connectivity index (χ0n) is 13.2. The Morgan fingerprint density at radius 3 is 2.65 bits per heavy atom. The van der Waals surface area contributed by atoms with E-state index in [1.807, 2.05) is 11.3 Å². The van der Waals surface area contributed by atoms with Gasteiger partial charge in [-0.1, -0.05) is 13.8 Å². The molecule has 3 rings (SSSR count). The summed E-state index contributed by atoms with van der Waals surface area (Å²) in [5.74, 6) is 1.60. The molecule has 1 aromatic heterocycles. The maximum Gasteiger partial charge on any atom is 0.0332 e. The molecule has 1 N–H and O–H groups in total. The highest BCUT2D eigenvalue weighted by Crippen LogP contribution is 2.43. The first kappa shape index (κ1) is 14.6. The van der Waals surface area contributed by atoms with E-state index in [4.69, 9.17) is 0 Å². The van der Waals surface area contributed by atoms with Crippen LogP contribution >= 0.6 is 11.3 Å². The van der Waals surface area contributed by atoms with Gasteiger partial charge in [0, 0.05) is 30.7 Å². The van der Waals surface area contributed by atoms with E-state index in [2.05, 4.69) is 54.7 Å². The minimum absolute atomic E-state index is 0.329. The molecule has 2 heterocycles. The van der Waals surface area contributed by atoms with Crippen LogP contribution in [0, 0.1) is 11.8 Å². The molecule has 3 atom stereocenters. The van der Waals surface area contributed by atoms with Crippen molar-refractivity contribution in [3.63, 3.8) is 0 Å². The number of hydrogen-bond donors (Lipinski definition) is 1. The van der Waals surface area contributed by atoms with E-state index < -0.39 is 0 Å². The van der Waals surface area contributed by atoms with E-state index >= 15 is 0 Å². The third-order valence-corrected chi connectivity index (χ3v) is 6.12. The van der Waals surface area contributed by atoms with E-state index in [9.17, 15) is 0 Å². The first-order chi connectivity index (χ1) is 9.51. The van der Waals surface area contributed by atoms with Crippen molar-refractivity contribution in [1.82, 2.24) is 10.2 Å². The summed E-state index contributed by atoms with van der Waals surface area (Å²) in [6.07, 6.45) is 2.83. The second kappa shape index (κ2) is 5.43. The number of nitrogens with one attached hydrogen (secondary N) is 1. The molecule has 1 aliphatic carbocycles. The van der Waals surface area contributed by atoms with Crippen molar-refractivity contribution >= 4 is 11.3 Å². The lowest BCUT2D eigenvalue weighted by Crippen LogP contribution is -2.65. The van der Waals surface area contributed by atoms with Gasteiger partial charge in [0.1, 0.15) is 0 Å². The Morgan fingerprint density at radius 1 is 1.35 bits per heavy atom. The van der Waals surface area contributed by atoms with Crippen LogP contribution in [-0.2, 0) is 0 Å². The Bertz CT molecular complexity index is 438. The van der Waals surface area contributed by atoms with Crippen molar-refractivity contribution in [2.45, 2.75) is 58.2 Å². The Kier molecular flexibility index (Phi) is 3.95. The molecule has 112 valence electrons. The van der Waals surface area contributed by atoms with Crippen LogP contribution < -0.4 is 5.32 Å². The van der Waals surface area contributed by atoms with Gasteiger partial charge in [0.25, 0.3) is 0 Å². The lowest BCUT2D eigenvalue weighted by atomic mass is 9.86. The number of hydrogen-bond acceptors (Lipinski definition) is 3. The third kappa shape index (κ3) is 2.68. The van der Waals surface area contributed by atoms with Gasteiger partial charge in [-0.2, -0.15) is 11.3 Å². The molecule has 2 nitrogen and oxygen atoms in total. The zero-order valence-corrected chi connectivity index (χ0v) is 14.0. The quantitative estimate of drug-likeness (QED) is 0.905. The van der Waals surface area contributed by atoms with E-state index in [0.717, 1.165) is 12.5 Å². The maximum absolute atomic E-state index is 3.88. The molecule has 2 aliphatic rings. The van der Waals surface area contributed by atoms with Crippen molar-refractivity contribution in [3.05, 3.63) is 22.4 Å². The van der Waals surface area contributed by atoms with Crippen molar-refractivity contribution < 1.29 is 0 Å². The van der Waals surface area contributed by atoms with Crippen LogP contribution in [0.15, 0.2) is 16.8 Å². The molecule has 0 spiro atoms. The monoisotopic (exact) mass is 292 g/mol. The third-order valence-electron chi connectivity index (χ3n) is 5.42. The molecule has 1 aliphatic heterocycles. The lowest BCUT2D eigenvalue weighted by molar-refractivity contribution is 0.0231. The van der Waals surface area contributed by atoms with Crippen LogP contribution in [0.25, 0.3) is 0 Å². The average molecular weight is 292 g/mol. The first-order valence-electron chi connectivity index (χ1n) is 8.04. The number of piperazine rings is 1. The predicted octanol–water partition coefficient (Wildman–Crippen LogP) is 3.91. The van der Waals surface area contributed by atoms with Gasteiger partial charge in [-0.15, -0.1) is 0 Å². The minimum atomic E-state index is 0.329. The van der Waals surface area contributed by atoms with Crippen LogP contribution in [0.1, 0.15) is 52.1 Å². The highest BCUT2D eigenvalue weighted by molar-refractivity contribution is 7.07. The summed E-state index contributed by atoms with van der Waals surface area (Å²) in [4.78, 5) is 2.77. The minimum Gasteiger partial charge on any atom is -0.308 e. The summed E-state index contributed by atoms with van der Waals surface area (Å²) in [5, 5.41) is 8.40. The van der Waals surface area contributed by atoms with Gasteiger partial charge in [0.05, 0.1) is 0 Å². The molecule has 0 aromatic carbocycles. The maximum atomic E-state index is 3.88. The summed E-state index contributed by atoms with van der Waals surface area (Å²) in [5.41, 5.74) is 1.82. The molecule has 20 heavy (non-hydrogen) atoms. The molecule has 3 heteroatoms. The molecule has 1 aromatic rings. The van der Waals surface area contributed by atoms with Gasteiger partial charge < -0.3 is 5.32 Å². The summed E-state index contributed by atoms with van der Waals surface area (Å²) >= 11 is 1.82. The van der Waals surface area contributed by atoms with E-state index in [0.29, 0.717) is 23.5 Å². The second-order valence-corrected chi connectivity index (χ2v) is 8.07. The Hall–Kier alpha value is -0.380. The second-order valence-electron chi connectivity index (χ2n) is 7.29.